The summed E-state index contributed by atoms with van der Waals surface area (Å²) in [7, 11) is 0. The first-order valence-corrected chi connectivity index (χ1v) is 7.98. The maximum absolute atomic E-state index is 13.1. The number of hydrogen-bond acceptors (Lipinski definition) is 2. The van der Waals surface area contributed by atoms with Gasteiger partial charge in [0.15, 0.2) is 11.6 Å². The molecule has 1 N–H and O–H groups in total. The second-order valence-electron chi connectivity index (χ2n) is 4.89. The van der Waals surface area contributed by atoms with Gasteiger partial charge in [0.2, 0.25) is 0 Å². The molecule has 2 rings (SSSR count). The summed E-state index contributed by atoms with van der Waals surface area (Å²) >= 11 is 1.61. The predicted octanol–water partition coefficient (Wildman–Crippen LogP) is 4.93. The lowest BCUT2D eigenvalue weighted by atomic mass is 10.1. The summed E-state index contributed by atoms with van der Waals surface area (Å²) in [5.74, 6) is -0.965. The van der Waals surface area contributed by atoms with Crippen LogP contribution in [0.1, 0.15) is 31.0 Å². The van der Waals surface area contributed by atoms with Crippen LogP contribution in [0.15, 0.2) is 47.4 Å². The highest BCUT2D eigenvalue weighted by Crippen LogP contribution is 2.25. The third-order valence-corrected chi connectivity index (χ3v) is 4.36. The Morgan fingerprint density at radius 3 is 2.38 bits per heavy atom. The lowest BCUT2D eigenvalue weighted by Gasteiger charge is -2.13. The van der Waals surface area contributed by atoms with Gasteiger partial charge in [-0.2, -0.15) is 0 Å². The van der Waals surface area contributed by atoms with Crippen LogP contribution in [0.4, 0.5) is 8.78 Å². The van der Waals surface area contributed by atoms with Crippen LogP contribution in [0.2, 0.25) is 0 Å². The molecule has 2 aromatic rings. The predicted molar refractivity (Wildman–Crippen MR) is 84.5 cm³/mol. The summed E-state index contributed by atoms with van der Waals surface area (Å²) in [6, 6.07) is 12.7. The maximum Gasteiger partial charge on any atom is 0.159 e. The fourth-order valence-corrected chi connectivity index (χ4v) is 2.91. The van der Waals surface area contributed by atoms with E-state index in [1.807, 2.05) is 0 Å². The van der Waals surface area contributed by atoms with Crippen molar-refractivity contribution in [2.75, 3.05) is 6.54 Å². The van der Waals surface area contributed by atoms with Gasteiger partial charge >= 0.3 is 0 Å². The smallest absolute Gasteiger partial charge is 0.159 e. The van der Waals surface area contributed by atoms with E-state index in [1.54, 1.807) is 17.8 Å². The van der Waals surface area contributed by atoms with Crippen LogP contribution in [0.25, 0.3) is 0 Å². The molecule has 2 aromatic carbocycles. The van der Waals surface area contributed by atoms with Crippen LogP contribution < -0.4 is 5.32 Å². The number of hydrogen-bond donors (Lipinski definition) is 1. The molecule has 0 aliphatic rings. The van der Waals surface area contributed by atoms with Crippen LogP contribution in [0.5, 0.6) is 0 Å². The molecule has 21 heavy (non-hydrogen) atoms. The van der Waals surface area contributed by atoms with Crippen LogP contribution in [-0.2, 0) is 5.75 Å². The SMILES string of the molecule is CCNC(C)c1ccc(SCc2ccc(F)c(F)c2)cc1. The van der Waals surface area contributed by atoms with Crippen molar-refractivity contribution in [3.05, 3.63) is 65.2 Å². The first kappa shape index (κ1) is 16.0. The van der Waals surface area contributed by atoms with Crippen molar-refractivity contribution in [2.45, 2.75) is 30.5 Å². The van der Waals surface area contributed by atoms with Crippen LogP contribution >= 0.6 is 11.8 Å². The van der Waals surface area contributed by atoms with Gasteiger partial charge in [0.05, 0.1) is 0 Å². The zero-order chi connectivity index (χ0) is 15.2. The Balaban J connectivity index is 1.95. The minimum absolute atomic E-state index is 0.334. The quantitative estimate of drug-likeness (QED) is 0.760. The molecule has 4 heteroatoms. The molecule has 0 amide bonds. The Morgan fingerprint density at radius 2 is 1.76 bits per heavy atom. The lowest BCUT2D eigenvalue weighted by molar-refractivity contribution is 0.507. The van der Waals surface area contributed by atoms with Gasteiger partial charge in [-0.15, -0.1) is 11.8 Å². The molecule has 0 saturated carbocycles. The Hall–Kier alpha value is -1.39. The van der Waals surface area contributed by atoms with Gasteiger partial charge < -0.3 is 5.32 Å². The molecule has 0 bridgehead atoms. The topological polar surface area (TPSA) is 12.0 Å². The minimum Gasteiger partial charge on any atom is -0.310 e. The fourth-order valence-electron chi connectivity index (χ4n) is 2.07. The molecule has 1 nitrogen and oxygen atoms in total. The molecular weight excluding hydrogens is 288 g/mol. The molecule has 1 atom stereocenters. The van der Waals surface area contributed by atoms with Gasteiger partial charge in [0.25, 0.3) is 0 Å². The van der Waals surface area contributed by atoms with E-state index in [-0.39, 0.29) is 0 Å². The first-order chi connectivity index (χ1) is 10.1. The highest BCUT2D eigenvalue weighted by Gasteiger charge is 2.05. The fraction of sp³-hybridized carbons (Fsp3) is 0.294. The molecule has 0 aromatic heterocycles. The van der Waals surface area contributed by atoms with E-state index < -0.39 is 11.6 Å². The zero-order valence-electron chi connectivity index (χ0n) is 12.2. The van der Waals surface area contributed by atoms with E-state index in [9.17, 15) is 8.78 Å². The van der Waals surface area contributed by atoms with E-state index >= 15 is 0 Å². The number of halogens is 2. The second kappa shape index (κ2) is 7.57. The van der Waals surface area contributed by atoms with Crippen LogP contribution in [-0.4, -0.2) is 6.54 Å². The Bertz CT molecular complexity index is 584. The Labute approximate surface area is 128 Å². The average Bonchev–Trinajstić information content (AvgIpc) is 2.49. The van der Waals surface area contributed by atoms with Gasteiger partial charge in [-0.1, -0.05) is 25.1 Å². The molecule has 0 fully saturated rings. The number of nitrogens with one attached hydrogen (secondary N) is 1. The molecule has 0 aliphatic heterocycles. The molecule has 1 unspecified atom stereocenters. The monoisotopic (exact) mass is 307 g/mol. The van der Waals surface area contributed by atoms with E-state index in [4.69, 9.17) is 0 Å². The van der Waals surface area contributed by atoms with Gasteiger partial charge in [0.1, 0.15) is 0 Å². The van der Waals surface area contributed by atoms with Crippen molar-refractivity contribution in [1.29, 1.82) is 0 Å². The molecule has 0 saturated heterocycles. The summed E-state index contributed by atoms with van der Waals surface area (Å²) in [5, 5.41) is 3.37. The largest absolute Gasteiger partial charge is 0.310 e. The van der Waals surface area contributed by atoms with Gasteiger partial charge in [-0.05, 0) is 48.9 Å². The van der Waals surface area contributed by atoms with Crippen molar-refractivity contribution in [2.24, 2.45) is 0 Å². The molecule has 0 heterocycles. The number of rotatable bonds is 6. The Kier molecular flexibility index (Phi) is 5.76. The number of benzene rings is 2. The lowest BCUT2D eigenvalue weighted by Crippen LogP contribution is -2.17. The summed E-state index contributed by atoms with van der Waals surface area (Å²) in [6.07, 6.45) is 0. The molecule has 0 spiro atoms. The van der Waals surface area contributed by atoms with Crippen LogP contribution in [0, 0.1) is 11.6 Å². The molecular formula is C17H19F2NS. The third kappa shape index (κ3) is 4.55. The summed E-state index contributed by atoms with van der Waals surface area (Å²) in [6.45, 7) is 5.16. The van der Waals surface area contributed by atoms with Crippen molar-refractivity contribution in [3.63, 3.8) is 0 Å². The van der Waals surface area contributed by atoms with E-state index in [2.05, 4.69) is 43.4 Å². The van der Waals surface area contributed by atoms with Gasteiger partial charge in [-0.25, -0.2) is 8.78 Å². The first-order valence-electron chi connectivity index (χ1n) is 7.00. The zero-order valence-corrected chi connectivity index (χ0v) is 13.0. The minimum atomic E-state index is -0.800. The van der Waals surface area contributed by atoms with Gasteiger partial charge in [0, 0.05) is 16.7 Å². The third-order valence-electron chi connectivity index (χ3n) is 3.28. The number of thioether (sulfide) groups is 1. The van der Waals surface area contributed by atoms with Gasteiger partial charge in [-0.3, -0.25) is 0 Å². The summed E-state index contributed by atoms with van der Waals surface area (Å²) in [5.41, 5.74) is 2.03. The van der Waals surface area contributed by atoms with E-state index in [0.717, 1.165) is 17.0 Å². The molecule has 112 valence electrons. The van der Waals surface area contributed by atoms with Crippen LogP contribution in [0.3, 0.4) is 0 Å². The van der Waals surface area contributed by atoms with Crippen molar-refractivity contribution in [3.8, 4) is 0 Å². The Morgan fingerprint density at radius 1 is 1.05 bits per heavy atom. The highest BCUT2D eigenvalue weighted by atomic mass is 32.2. The summed E-state index contributed by atoms with van der Waals surface area (Å²) in [4.78, 5) is 1.12. The standard InChI is InChI=1S/C17H19F2NS/c1-3-20-12(2)14-5-7-15(8-6-14)21-11-13-4-9-16(18)17(19)10-13/h4-10,12,20H,3,11H2,1-2H3. The summed E-state index contributed by atoms with van der Waals surface area (Å²) < 4.78 is 26.0. The normalized spacial score (nSPS) is 12.4. The second-order valence-corrected chi connectivity index (χ2v) is 5.93. The maximum atomic E-state index is 13.1. The van der Waals surface area contributed by atoms with Crippen molar-refractivity contribution >= 4 is 11.8 Å². The van der Waals surface area contributed by atoms with Crippen molar-refractivity contribution < 1.29 is 8.78 Å². The van der Waals surface area contributed by atoms with E-state index in [1.165, 1.54) is 17.7 Å². The van der Waals surface area contributed by atoms with Crippen molar-refractivity contribution in [1.82, 2.24) is 5.32 Å². The highest BCUT2D eigenvalue weighted by molar-refractivity contribution is 7.98. The average molecular weight is 307 g/mol. The van der Waals surface area contributed by atoms with E-state index in [0.29, 0.717) is 11.8 Å². The molecule has 0 radical (unpaired) electrons. The molecule has 0 aliphatic carbocycles.